The van der Waals surface area contributed by atoms with Gasteiger partial charge >= 0.3 is 0 Å². The summed E-state index contributed by atoms with van der Waals surface area (Å²) in [6.07, 6.45) is 1.38. The number of aromatic amines is 1. The van der Waals surface area contributed by atoms with Gasteiger partial charge in [0.1, 0.15) is 4.83 Å². The highest BCUT2D eigenvalue weighted by Gasteiger charge is 2.09. The first kappa shape index (κ1) is 14.0. The highest BCUT2D eigenvalue weighted by molar-refractivity contribution is 9.10. The third-order valence-electron chi connectivity index (χ3n) is 2.90. The van der Waals surface area contributed by atoms with E-state index in [1.165, 1.54) is 17.7 Å². The van der Waals surface area contributed by atoms with Crippen molar-refractivity contribution in [3.8, 4) is 0 Å². The summed E-state index contributed by atoms with van der Waals surface area (Å²) in [5.74, 6) is -0.157. The Kier molecular flexibility index (Phi) is 3.85. The van der Waals surface area contributed by atoms with Crippen LogP contribution >= 0.6 is 27.3 Å². The summed E-state index contributed by atoms with van der Waals surface area (Å²) in [5, 5.41) is 3.38. The van der Waals surface area contributed by atoms with Crippen LogP contribution in [-0.4, -0.2) is 15.9 Å². The molecule has 5 nitrogen and oxygen atoms in total. The quantitative estimate of drug-likeness (QED) is 0.750. The van der Waals surface area contributed by atoms with E-state index >= 15 is 0 Å². The van der Waals surface area contributed by atoms with E-state index in [0.717, 1.165) is 9.35 Å². The van der Waals surface area contributed by atoms with E-state index in [9.17, 15) is 9.59 Å². The second kappa shape index (κ2) is 5.79. The summed E-state index contributed by atoms with van der Waals surface area (Å²) < 4.78 is 0.854. The third-order valence-corrected chi connectivity index (χ3v) is 4.43. The summed E-state index contributed by atoms with van der Waals surface area (Å²) in [7, 11) is 0. The molecule has 0 bridgehead atoms. The van der Waals surface area contributed by atoms with Gasteiger partial charge in [0.15, 0.2) is 0 Å². The van der Waals surface area contributed by atoms with Crippen molar-refractivity contribution in [1.82, 2.24) is 15.3 Å². The number of rotatable bonds is 3. The maximum absolute atomic E-state index is 12.0. The van der Waals surface area contributed by atoms with Gasteiger partial charge in [0, 0.05) is 14.9 Å². The van der Waals surface area contributed by atoms with Crippen LogP contribution in [-0.2, 0) is 6.54 Å². The first-order valence-electron chi connectivity index (χ1n) is 6.13. The Hall–Kier alpha value is -1.99. The first-order chi connectivity index (χ1) is 10.1. The monoisotopic (exact) mass is 363 g/mol. The van der Waals surface area contributed by atoms with Crippen molar-refractivity contribution in [1.29, 1.82) is 0 Å². The van der Waals surface area contributed by atoms with Crippen LogP contribution in [0.4, 0.5) is 0 Å². The Balaban J connectivity index is 1.76. The standard InChI is InChI=1S/C14H10BrN3O2S/c15-9-3-1-2-8(4-9)12(19)16-6-10-5-11-13(20)17-7-18-14(11)21-10/h1-5,7H,6H2,(H,16,19)(H,17,18,20). The Bertz CT molecular complexity index is 872. The van der Waals surface area contributed by atoms with Crippen LogP contribution in [0.15, 0.2) is 45.9 Å². The lowest BCUT2D eigenvalue weighted by Gasteiger charge is -2.03. The minimum Gasteiger partial charge on any atom is -0.347 e. The van der Waals surface area contributed by atoms with Crippen molar-refractivity contribution >= 4 is 43.4 Å². The molecule has 106 valence electrons. The van der Waals surface area contributed by atoms with Crippen LogP contribution in [0.3, 0.4) is 0 Å². The predicted molar refractivity (Wildman–Crippen MR) is 85.6 cm³/mol. The topological polar surface area (TPSA) is 74.8 Å². The molecule has 0 aliphatic carbocycles. The van der Waals surface area contributed by atoms with E-state index in [-0.39, 0.29) is 11.5 Å². The molecule has 3 aromatic rings. The molecule has 2 heterocycles. The minimum atomic E-state index is -0.166. The zero-order chi connectivity index (χ0) is 14.8. The maximum atomic E-state index is 12.0. The van der Waals surface area contributed by atoms with Gasteiger partial charge in [0.25, 0.3) is 11.5 Å². The molecular weight excluding hydrogens is 354 g/mol. The van der Waals surface area contributed by atoms with Crippen molar-refractivity contribution in [2.24, 2.45) is 0 Å². The molecule has 7 heteroatoms. The van der Waals surface area contributed by atoms with Crippen LogP contribution in [0, 0.1) is 0 Å². The number of hydrogen-bond acceptors (Lipinski definition) is 4. The lowest BCUT2D eigenvalue weighted by Crippen LogP contribution is -2.22. The summed E-state index contributed by atoms with van der Waals surface area (Å²) in [6, 6.07) is 8.93. The number of halogens is 1. The number of carbonyl (C=O) groups excluding carboxylic acids is 1. The number of nitrogens with one attached hydrogen (secondary N) is 2. The van der Waals surface area contributed by atoms with Gasteiger partial charge in [-0.05, 0) is 24.3 Å². The Morgan fingerprint density at radius 2 is 2.24 bits per heavy atom. The number of amides is 1. The molecule has 0 atom stereocenters. The smallest absolute Gasteiger partial charge is 0.259 e. The van der Waals surface area contributed by atoms with Gasteiger partial charge in [-0.25, -0.2) is 4.98 Å². The zero-order valence-electron chi connectivity index (χ0n) is 10.7. The molecular formula is C14H10BrN3O2S. The molecule has 0 aliphatic rings. The maximum Gasteiger partial charge on any atom is 0.259 e. The lowest BCUT2D eigenvalue weighted by molar-refractivity contribution is 0.0951. The van der Waals surface area contributed by atoms with Gasteiger partial charge in [-0.3, -0.25) is 9.59 Å². The van der Waals surface area contributed by atoms with E-state index in [2.05, 4.69) is 31.2 Å². The van der Waals surface area contributed by atoms with Gasteiger partial charge in [0.05, 0.1) is 18.3 Å². The minimum absolute atomic E-state index is 0.157. The second-order valence-corrected chi connectivity index (χ2v) is 6.39. The molecule has 0 spiro atoms. The average molecular weight is 364 g/mol. The fraction of sp³-hybridized carbons (Fsp3) is 0.0714. The Labute approximate surface area is 132 Å². The number of benzene rings is 1. The van der Waals surface area contributed by atoms with E-state index in [1.54, 1.807) is 18.2 Å². The number of aromatic nitrogens is 2. The molecule has 0 aliphatic heterocycles. The van der Waals surface area contributed by atoms with E-state index in [0.29, 0.717) is 22.3 Å². The van der Waals surface area contributed by atoms with E-state index in [4.69, 9.17) is 0 Å². The average Bonchev–Trinajstić information content (AvgIpc) is 2.89. The molecule has 0 unspecified atom stereocenters. The number of H-pyrrole nitrogens is 1. The highest BCUT2D eigenvalue weighted by atomic mass is 79.9. The lowest BCUT2D eigenvalue weighted by atomic mass is 10.2. The molecule has 2 aromatic heterocycles. The molecule has 0 radical (unpaired) electrons. The van der Waals surface area contributed by atoms with Crippen LogP contribution in [0.2, 0.25) is 0 Å². The van der Waals surface area contributed by atoms with Gasteiger partial charge in [-0.2, -0.15) is 0 Å². The molecule has 0 fully saturated rings. The Morgan fingerprint density at radius 3 is 3.00 bits per heavy atom. The van der Waals surface area contributed by atoms with Crippen LogP contribution in [0.25, 0.3) is 10.2 Å². The van der Waals surface area contributed by atoms with Crippen LogP contribution in [0.5, 0.6) is 0 Å². The summed E-state index contributed by atoms with van der Waals surface area (Å²) >= 11 is 4.73. The Morgan fingerprint density at radius 1 is 1.38 bits per heavy atom. The summed E-state index contributed by atoms with van der Waals surface area (Å²) in [6.45, 7) is 0.367. The third kappa shape index (κ3) is 3.03. The van der Waals surface area contributed by atoms with Gasteiger partial charge < -0.3 is 10.3 Å². The summed E-state index contributed by atoms with van der Waals surface area (Å²) in [4.78, 5) is 31.8. The molecule has 3 rings (SSSR count). The van der Waals surface area contributed by atoms with E-state index < -0.39 is 0 Å². The van der Waals surface area contributed by atoms with Crippen molar-refractivity contribution in [3.05, 3.63) is 61.9 Å². The van der Waals surface area contributed by atoms with Crippen molar-refractivity contribution < 1.29 is 4.79 Å². The van der Waals surface area contributed by atoms with Crippen LogP contribution < -0.4 is 10.9 Å². The molecule has 0 saturated heterocycles. The van der Waals surface area contributed by atoms with E-state index in [1.807, 2.05) is 12.1 Å². The second-order valence-electron chi connectivity index (χ2n) is 4.36. The largest absolute Gasteiger partial charge is 0.347 e. The van der Waals surface area contributed by atoms with Crippen molar-refractivity contribution in [3.63, 3.8) is 0 Å². The number of thiophene rings is 1. The first-order valence-corrected chi connectivity index (χ1v) is 7.74. The fourth-order valence-electron chi connectivity index (χ4n) is 1.90. The van der Waals surface area contributed by atoms with Crippen molar-refractivity contribution in [2.75, 3.05) is 0 Å². The predicted octanol–water partition coefficient (Wildman–Crippen LogP) is 2.68. The number of hydrogen-bond donors (Lipinski definition) is 2. The molecule has 2 N–H and O–H groups in total. The van der Waals surface area contributed by atoms with Crippen molar-refractivity contribution in [2.45, 2.75) is 6.54 Å². The van der Waals surface area contributed by atoms with Crippen LogP contribution in [0.1, 0.15) is 15.2 Å². The van der Waals surface area contributed by atoms with Gasteiger partial charge in [-0.1, -0.05) is 22.0 Å². The number of carbonyl (C=O) groups is 1. The van der Waals surface area contributed by atoms with Gasteiger partial charge in [0.2, 0.25) is 0 Å². The SMILES string of the molecule is O=C(NCc1cc2c(=O)[nH]cnc2s1)c1cccc(Br)c1. The number of nitrogens with zero attached hydrogens (tertiary/aromatic N) is 1. The molecule has 0 saturated carbocycles. The highest BCUT2D eigenvalue weighted by Crippen LogP contribution is 2.20. The normalized spacial score (nSPS) is 10.7. The zero-order valence-corrected chi connectivity index (χ0v) is 13.1. The van der Waals surface area contributed by atoms with Gasteiger partial charge in [-0.15, -0.1) is 11.3 Å². The molecule has 21 heavy (non-hydrogen) atoms. The molecule has 1 amide bonds. The molecule has 1 aromatic carbocycles. The summed E-state index contributed by atoms with van der Waals surface area (Å²) in [5.41, 5.74) is 0.419. The fourth-order valence-corrected chi connectivity index (χ4v) is 3.24. The number of fused-ring (bicyclic) bond motifs is 1.